The predicted octanol–water partition coefficient (Wildman–Crippen LogP) is 3.09. The van der Waals surface area contributed by atoms with Crippen LogP contribution in [0.5, 0.6) is 0 Å². The summed E-state index contributed by atoms with van der Waals surface area (Å²) >= 11 is 0. The summed E-state index contributed by atoms with van der Waals surface area (Å²) in [5, 5.41) is 0. The zero-order chi connectivity index (χ0) is 12.5. The second-order valence-electron chi connectivity index (χ2n) is 5.39. The van der Waals surface area contributed by atoms with Crippen molar-refractivity contribution in [2.24, 2.45) is 5.41 Å². The second kappa shape index (κ2) is 4.32. The van der Waals surface area contributed by atoms with Crippen LogP contribution in [0.25, 0.3) is 0 Å². The van der Waals surface area contributed by atoms with Gasteiger partial charge in [-0.1, -0.05) is 20.8 Å². The highest BCUT2D eigenvalue weighted by Crippen LogP contribution is 2.24. The Bertz CT molecular complexity index is 374. The lowest BCUT2D eigenvalue weighted by Gasteiger charge is -2.35. The van der Waals surface area contributed by atoms with Gasteiger partial charge in [-0.2, -0.15) is 0 Å². The van der Waals surface area contributed by atoms with E-state index in [0.29, 0.717) is 5.76 Å². The van der Waals surface area contributed by atoms with Crippen molar-refractivity contribution in [2.75, 3.05) is 7.05 Å². The third kappa shape index (κ3) is 2.46. The minimum absolute atomic E-state index is 0.0510. The number of furan rings is 1. The second-order valence-corrected chi connectivity index (χ2v) is 5.39. The molecule has 0 saturated heterocycles. The molecule has 1 atom stereocenters. The van der Waals surface area contributed by atoms with Gasteiger partial charge in [0.2, 0.25) is 0 Å². The molecule has 1 amide bonds. The molecule has 90 valence electrons. The fourth-order valence-corrected chi connectivity index (χ4v) is 1.51. The predicted molar refractivity (Wildman–Crippen MR) is 64.5 cm³/mol. The Kier molecular flexibility index (Phi) is 3.46. The molecule has 3 heteroatoms. The number of nitrogens with zero attached hydrogens (tertiary/aromatic N) is 1. The Balaban J connectivity index is 2.88. The van der Waals surface area contributed by atoms with E-state index in [4.69, 9.17) is 4.42 Å². The molecule has 0 N–H and O–H groups in total. The monoisotopic (exact) mass is 223 g/mol. The number of aryl methyl sites for hydroxylation is 1. The molecule has 0 saturated carbocycles. The number of carbonyl (C=O) groups is 1. The minimum Gasteiger partial charge on any atom is -0.459 e. The molecule has 0 aliphatic carbocycles. The Labute approximate surface area is 97.4 Å². The topological polar surface area (TPSA) is 33.5 Å². The summed E-state index contributed by atoms with van der Waals surface area (Å²) in [6, 6.07) is 1.97. The molecule has 1 unspecified atom stereocenters. The van der Waals surface area contributed by atoms with Gasteiger partial charge in [-0.3, -0.25) is 4.79 Å². The van der Waals surface area contributed by atoms with E-state index in [2.05, 4.69) is 27.7 Å². The quantitative estimate of drug-likeness (QED) is 0.772. The number of amides is 1. The number of carbonyl (C=O) groups excluding carboxylic acids is 1. The van der Waals surface area contributed by atoms with Gasteiger partial charge in [0.05, 0.1) is 6.26 Å². The molecule has 0 fully saturated rings. The van der Waals surface area contributed by atoms with Crippen LogP contribution in [-0.4, -0.2) is 23.9 Å². The van der Waals surface area contributed by atoms with Gasteiger partial charge in [0.1, 0.15) is 0 Å². The summed E-state index contributed by atoms with van der Waals surface area (Å²) in [5.41, 5.74) is 0.947. The van der Waals surface area contributed by atoms with E-state index in [0.717, 1.165) is 5.56 Å². The first kappa shape index (κ1) is 12.8. The maximum absolute atomic E-state index is 12.1. The normalized spacial score (nSPS) is 13.6. The highest BCUT2D eigenvalue weighted by Gasteiger charge is 2.29. The summed E-state index contributed by atoms with van der Waals surface area (Å²) in [6.45, 7) is 10.3. The van der Waals surface area contributed by atoms with Crippen LogP contribution in [0.15, 0.2) is 16.7 Å². The van der Waals surface area contributed by atoms with Crippen LogP contribution in [0.4, 0.5) is 0 Å². The van der Waals surface area contributed by atoms with Gasteiger partial charge in [-0.25, -0.2) is 0 Å². The lowest BCUT2D eigenvalue weighted by atomic mass is 9.87. The molecular weight excluding hydrogens is 202 g/mol. The fraction of sp³-hybridized carbons (Fsp3) is 0.615. The van der Waals surface area contributed by atoms with Gasteiger partial charge in [0.15, 0.2) is 5.76 Å². The molecule has 0 radical (unpaired) electrons. The Hall–Kier alpha value is -1.25. The Morgan fingerprint density at radius 2 is 2.00 bits per heavy atom. The van der Waals surface area contributed by atoms with Gasteiger partial charge >= 0.3 is 0 Å². The average Bonchev–Trinajstić information content (AvgIpc) is 2.59. The lowest BCUT2D eigenvalue weighted by Crippen LogP contribution is -2.43. The van der Waals surface area contributed by atoms with Crippen molar-refractivity contribution < 1.29 is 9.21 Å². The summed E-state index contributed by atoms with van der Waals surface area (Å²) in [7, 11) is 1.82. The molecule has 3 nitrogen and oxygen atoms in total. The van der Waals surface area contributed by atoms with Crippen LogP contribution in [0.1, 0.15) is 43.8 Å². The maximum Gasteiger partial charge on any atom is 0.289 e. The van der Waals surface area contributed by atoms with E-state index in [9.17, 15) is 4.79 Å². The zero-order valence-corrected chi connectivity index (χ0v) is 11.0. The standard InChI is InChI=1S/C13H21NO2/c1-9-7-8-16-11(9)12(15)14(6)10(2)13(3,4)5/h7-8,10H,1-6H3. The highest BCUT2D eigenvalue weighted by molar-refractivity contribution is 5.92. The minimum atomic E-state index is -0.0510. The molecule has 1 heterocycles. The van der Waals surface area contributed by atoms with Crippen LogP contribution in [0.2, 0.25) is 0 Å². The average molecular weight is 223 g/mol. The van der Waals surface area contributed by atoms with Crippen molar-refractivity contribution in [1.29, 1.82) is 0 Å². The van der Waals surface area contributed by atoms with E-state index in [1.165, 1.54) is 0 Å². The number of hydrogen-bond acceptors (Lipinski definition) is 2. The first-order valence-electron chi connectivity index (χ1n) is 5.56. The van der Waals surface area contributed by atoms with Crippen molar-refractivity contribution >= 4 is 5.91 Å². The van der Waals surface area contributed by atoms with E-state index >= 15 is 0 Å². The smallest absolute Gasteiger partial charge is 0.289 e. The van der Waals surface area contributed by atoms with E-state index < -0.39 is 0 Å². The molecule has 0 bridgehead atoms. The van der Waals surface area contributed by atoms with Crippen molar-refractivity contribution in [3.8, 4) is 0 Å². The van der Waals surface area contributed by atoms with Crippen molar-refractivity contribution in [2.45, 2.75) is 40.7 Å². The van der Waals surface area contributed by atoms with Crippen molar-refractivity contribution in [3.63, 3.8) is 0 Å². The van der Waals surface area contributed by atoms with E-state index in [1.54, 1.807) is 11.2 Å². The molecule has 1 aromatic rings. The molecule has 0 aliphatic heterocycles. The third-order valence-electron chi connectivity index (χ3n) is 3.21. The van der Waals surface area contributed by atoms with Gasteiger partial charge in [-0.05, 0) is 25.3 Å². The Morgan fingerprint density at radius 1 is 1.44 bits per heavy atom. The first-order chi connectivity index (χ1) is 7.25. The molecule has 0 spiro atoms. The van der Waals surface area contributed by atoms with Crippen LogP contribution in [-0.2, 0) is 0 Å². The van der Waals surface area contributed by atoms with Gasteiger partial charge in [0, 0.05) is 18.7 Å². The molecular formula is C13H21NO2. The van der Waals surface area contributed by atoms with Gasteiger partial charge < -0.3 is 9.32 Å². The summed E-state index contributed by atoms with van der Waals surface area (Å²) < 4.78 is 5.22. The van der Waals surface area contributed by atoms with Gasteiger partial charge in [-0.15, -0.1) is 0 Å². The summed E-state index contributed by atoms with van der Waals surface area (Å²) in [4.78, 5) is 13.9. The van der Waals surface area contributed by atoms with Crippen LogP contribution >= 0.6 is 0 Å². The number of hydrogen-bond donors (Lipinski definition) is 0. The fourth-order valence-electron chi connectivity index (χ4n) is 1.51. The molecule has 0 aromatic carbocycles. The first-order valence-corrected chi connectivity index (χ1v) is 5.56. The van der Waals surface area contributed by atoms with Crippen molar-refractivity contribution in [3.05, 3.63) is 23.7 Å². The van der Waals surface area contributed by atoms with Gasteiger partial charge in [0.25, 0.3) is 5.91 Å². The molecule has 0 aliphatic rings. The van der Waals surface area contributed by atoms with Crippen LogP contribution in [0, 0.1) is 12.3 Å². The zero-order valence-electron chi connectivity index (χ0n) is 11.0. The largest absolute Gasteiger partial charge is 0.459 e. The van der Waals surface area contributed by atoms with Crippen LogP contribution < -0.4 is 0 Å². The summed E-state index contributed by atoms with van der Waals surface area (Å²) in [5.74, 6) is 0.392. The number of rotatable bonds is 2. The lowest BCUT2D eigenvalue weighted by molar-refractivity contribution is 0.0596. The summed E-state index contributed by atoms with van der Waals surface area (Å²) in [6.07, 6.45) is 1.55. The van der Waals surface area contributed by atoms with E-state index in [-0.39, 0.29) is 17.4 Å². The third-order valence-corrected chi connectivity index (χ3v) is 3.21. The molecule has 16 heavy (non-hydrogen) atoms. The van der Waals surface area contributed by atoms with E-state index in [1.807, 2.05) is 20.0 Å². The Morgan fingerprint density at radius 3 is 2.38 bits per heavy atom. The van der Waals surface area contributed by atoms with Crippen molar-refractivity contribution in [1.82, 2.24) is 4.90 Å². The maximum atomic E-state index is 12.1. The molecule has 1 rings (SSSR count). The SMILES string of the molecule is Cc1ccoc1C(=O)N(C)C(C)C(C)(C)C. The highest BCUT2D eigenvalue weighted by atomic mass is 16.3. The molecule has 1 aromatic heterocycles. The van der Waals surface area contributed by atoms with Crippen LogP contribution in [0.3, 0.4) is 0 Å².